The summed E-state index contributed by atoms with van der Waals surface area (Å²) >= 11 is 16.0. The highest BCUT2D eigenvalue weighted by Gasteiger charge is 2.59. The summed E-state index contributed by atoms with van der Waals surface area (Å²) in [5.74, 6) is -0.554. The van der Waals surface area contributed by atoms with Gasteiger partial charge < -0.3 is 10.1 Å². The summed E-state index contributed by atoms with van der Waals surface area (Å²) in [5.41, 5.74) is 0.429. The number of benzene rings is 2. The number of fused-ring (bicyclic) bond motifs is 4. The standard InChI is InChI=1S/C22H12BrCl2N3O3/c1-10(29)15-17(11-5-3-2-4-6-11)31-19-16(18(24)27-21(25)28-19)22(15)13-9-12(23)7-8-14(13)26-20(22)30/h2-9H,1H3,(H,26,30). The van der Waals surface area contributed by atoms with E-state index in [2.05, 4.69) is 31.2 Å². The molecule has 3 heterocycles. The van der Waals surface area contributed by atoms with Crippen molar-refractivity contribution in [1.29, 1.82) is 0 Å². The number of ketones is 1. The molecule has 0 bridgehead atoms. The summed E-state index contributed by atoms with van der Waals surface area (Å²) in [6.45, 7) is 1.39. The van der Waals surface area contributed by atoms with Gasteiger partial charge in [0.15, 0.2) is 5.78 Å². The average Bonchev–Trinajstić information content (AvgIpc) is 2.99. The number of anilines is 1. The average molecular weight is 517 g/mol. The lowest BCUT2D eigenvalue weighted by Gasteiger charge is -2.36. The molecule has 0 aliphatic carbocycles. The highest BCUT2D eigenvalue weighted by molar-refractivity contribution is 9.10. The molecule has 2 aromatic carbocycles. The van der Waals surface area contributed by atoms with Crippen LogP contribution in [0.3, 0.4) is 0 Å². The van der Waals surface area contributed by atoms with Gasteiger partial charge in [-0.1, -0.05) is 57.9 Å². The predicted octanol–water partition coefficient (Wildman–Crippen LogP) is 5.18. The Morgan fingerprint density at radius 3 is 2.58 bits per heavy atom. The Morgan fingerprint density at radius 1 is 1.13 bits per heavy atom. The van der Waals surface area contributed by atoms with Gasteiger partial charge in [0.05, 0.1) is 11.1 Å². The molecule has 1 amide bonds. The number of Topliss-reactive ketones (excluding diaryl/α,β-unsaturated/α-hetero) is 1. The van der Waals surface area contributed by atoms with Gasteiger partial charge in [-0.3, -0.25) is 9.59 Å². The normalized spacial score (nSPS) is 19.0. The van der Waals surface area contributed by atoms with E-state index in [1.165, 1.54) is 6.92 Å². The molecule has 2 aliphatic rings. The van der Waals surface area contributed by atoms with Crippen molar-refractivity contribution in [2.45, 2.75) is 12.3 Å². The Bertz CT molecular complexity index is 1330. The molecule has 1 aromatic heterocycles. The van der Waals surface area contributed by atoms with E-state index in [9.17, 15) is 9.59 Å². The molecule has 1 N–H and O–H groups in total. The summed E-state index contributed by atoms with van der Waals surface area (Å²) in [4.78, 5) is 35.1. The molecule has 6 nitrogen and oxygen atoms in total. The first-order valence-electron chi connectivity index (χ1n) is 9.18. The van der Waals surface area contributed by atoms with Gasteiger partial charge in [-0.05, 0) is 36.7 Å². The number of nitrogens with zero attached hydrogens (tertiary/aromatic N) is 2. The minimum atomic E-state index is -1.61. The van der Waals surface area contributed by atoms with Gasteiger partial charge >= 0.3 is 0 Å². The summed E-state index contributed by atoms with van der Waals surface area (Å²) in [7, 11) is 0. The van der Waals surface area contributed by atoms with Crippen LogP contribution in [-0.4, -0.2) is 21.7 Å². The SMILES string of the molecule is CC(=O)C1=C(c2ccccc2)Oc2nc(Cl)nc(Cl)c2C12C(=O)Nc1ccc(Br)cc12. The maximum Gasteiger partial charge on any atom is 0.244 e. The van der Waals surface area contributed by atoms with Crippen LogP contribution in [-0.2, 0) is 15.0 Å². The van der Waals surface area contributed by atoms with Crippen molar-refractivity contribution in [1.82, 2.24) is 9.97 Å². The minimum absolute atomic E-state index is 0.0248. The van der Waals surface area contributed by atoms with Crippen LogP contribution < -0.4 is 10.1 Å². The third-order valence-electron chi connectivity index (χ3n) is 5.34. The van der Waals surface area contributed by atoms with Crippen LogP contribution in [0.5, 0.6) is 5.88 Å². The fourth-order valence-corrected chi connectivity index (χ4v) is 5.08. The highest BCUT2D eigenvalue weighted by atomic mass is 79.9. The molecule has 154 valence electrons. The largest absolute Gasteiger partial charge is 0.437 e. The molecule has 0 fully saturated rings. The van der Waals surface area contributed by atoms with E-state index in [0.717, 1.165) is 4.47 Å². The van der Waals surface area contributed by atoms with Crippen molar-refractivity contribution in [3.8, 4) is 5.88 Å². The first-order valence-corrected chi connectivity index (χ1v) is 10.7. The van der Waals surface area contributed by atoms with Crippen LogP contribution in [0.25, 0.3) is 5.76 Å². The van der Waals surface area contributed by atoms with E-state index in [4.69, 9.17) is 27.9 Å². The van der Waals surface area contributed by atoms with Crippen molar-refractivity contribution < 1.29 is 14.3 Å². The van der Waals surface area contributed by atoms with Crippen molar-refractivity contribution in [2.75, 3.05) is 5.32 Å². The number of amides is 1. The Morgan fingerprint density at radius 2 is 1.87 bits per heavy atom. The van der Waals surface area contributed by atoms with Gasteiger partial charge in [-0.15, -0.1) is 0 Å². The number of hydrogen-bond donors (Lipinski definition) is 1. The Hall–Kier alpha value is -2.74. The van der Waals surface area contributed by atoms with Crippen LogP contribution in [0.15, 0.2) is 58.6 Å². The molecule has 0 radical (unpaired) electrons. The zero-order valence-electron chi connectivity index (χ0n) is 15.9. The summed E-state index contributed by atoms with van der Waals surface area (Å²) < 4.78 is 6.81. The van der Waals surface area contributed by atoms with E-state index in [-0.39, 0.29) is 39.0 Å². The summed E-state index contributed by atoms with van der Waals surface area (Å²) in [6.07, 6.45) is 0. The third kappa shape index (κ3) is 2.84. The van der Waals surface area contributed by atoms with Gasteiger partial charge in [0, 0.05) is 21.3 Å². The quantitative estimate of drug-likeness (QED) is 0.375. The number of rotatable bonds is 2. The van der Waals surface area contributed by atoms with E-state index in [1.54, 1.807) is 30.3 Å². The topological polar surface area (TPSA) is 81.2 Å². The summed E-state index contributed by atoms with van der Waals surface area (Å²) in [5, 5.41) is 2.68. The van der Waals surface area contributed by atoms with Crippen LogP contribution in [0.1, 0.15) is 23.6 Å². The zero-order valence-corrected chi connectivity index (χ0v) is 19.0. The molecule has 2 aliphatic heterocycles. The van der Waals surface area contributed by atoms with Gasteiger partial charge in [0.25, 0.3) is 0 Å². The predicted molar refractivity (Wildman–Crippen MR) is 120 cm³/mol. The maximum absolute atomic E-state index is 13.7. The Balaban J connectivity index is 1.99. The number of aromatic nitrogens is 2. The maximum atomic E-state index is 13.7. The molecule has 1 atom stereocenters. The first-order chi connectivity index (χ1) is 14.8. The van der Waals surface area contributed by atoms with Crippen molar-refractivity contribution in [3.05, 3.63) is 85.7 Å². The molecule has 5 rings (SSSR count). The van der Waals surface area contributed by atoms with E-state index < -0.39 is 11.3 Å². The van der Waals surface area contributed by atoms with Crippen LogP contribution in [0.4, 0.5) is 5.69 Å². The highest BCUT2D eigenvalue weighted by Crippen LogP contribution is 2.57. The monoisotopic (exact) mass is 515 g/mol. The number of ether oxygens (including phenoxy) is 1. The minimum Gasteiger partial charge on any atom is -0.437 e. The molecule has 0 saturated carbocycles. The number of carbonyl (C=O) groups excluding carboxylic acids is 2. The molecule has 1 unspecified atom stereocenters. The molecular weight excluding hydrogens is 505 g/mol. The lowest BCUT2D eigenvalue weighted by molar-refractivity contribution is -0.121. The second-order valence-corrected chi connectivity index (χ2v) is 8.70. The number of hydrogen-bond acceptors (Lipinski definition) is 5. The zero-order chi connectivity index (χ0) is 21.9. The molecule has 31 heavy (non-hydrogen) atoms. The van der Waals surface area contributed by atoms with Crippen molar-refractivity contribution in [3.63, 3.8) is 0 Å². The van der Waals surface area contributed by atoms with E-state index in [0.29, 0.717) is 16.8 Å². The van der Waals surface area contributed by atoms with Gasteiger partial charge in [0.1, 0.15) is 16.3 Å². The fraction of sp³-hybridized carbons (Fsp3) is 0.0909. The van der Waals surface area contributed by atoms with Crippen LogP contribution in [0, 0.1) is 0 Å². The lowest BCUT2D eigenvalue weighted by atomic mass is 9.67. The number of nitrogens with one attached hydrogen (secondary N) is 1. The molecular formula is C22H12BrCl2N3O3. The van der Waals surface area contributed by atoms with Gasteiger partial charge in [-0.25, -0.2) is 4.98 Å². The van der Waals surface area contributed by atoms with Crippen molar-refractivity contribution in [2.24, 2.45) is 0 Å². The molecule has 1 spiro atoms. The second-order valence-electron chi connectivity index (χ2n) is 7.09. The van der Waals surface area contributed by atoms with E-state index in [1.807, 2.05) is 18.2 Å². The molecule has 3 aromatic rings. The Kier molecular flexibility index (Phi) is 4.66. The van der Waals surface area contributed by atoms with Crippen LogP contribution in [0.2, 0.25) is 10.4 Å². The first kappa shape index (κ1) is 20.2. The lowest BCUT2D eigenvalue weighted by Crippen LogP contribution is -2.44. The second kappa shape index (κ2) is 7.15. The van der Waals surface area contributed by atoms with Gasteiger partial charge in [0.2, 0.25) is 17.1 Å². The number of carbonyl (C=O) groups is 2. The smallest absolute Gasteiger partial charge is 0.244 e. The molecule has 0 saturated heterocycles. The van der Waals surface area contributed by atoms with Crippen molar-refractivity contribution >= 4 is 62.3 Å². The third-order valence-corrected chi connectivity index (χ3v) is 6.28. The summed E-state index contributed by atoms with van der Waals surface area (Å²) in [6, 6.07) is 14.4. The van der Waals surface area contributed by atoms with E-state index >= 15 is 0 Å². The fourth-order valence-electron chi connectivity index (χ4n) is 4.21. The Labute approximate surface area is 195 Å². The van der Waals surface area contributed by atoms with Crippen LogP contribution >= 0.6 is 39.1 Å². The molecule has 9 heteroatoms. The van der Waals surface area contributed by atoms with Gasteiger partial charge in [-0.2, -0.15) is 4.98 Å². The number of halogens is 3.